The first-order chi connectivity index (χ1) is 16.6. The van der Waals surface area contributed by atoms with Gasteiger partial charge in [0.15, 0.2) is 0 Å². The maximum absolute atomic E-state index is 13.4. The highest BCUT2D eigenvalue weighted by molar-refractivity contribution is 5.94. The van der Waals surface area contributed by atoms with E-state index in [4.69, 9.17) is 14.0 Å². The lowest BCUT2D eigenvalue weighted by Crippen LogP contribution is -2.36. The molecule has 0 spiro atoms. The van der Waals surface area contributed by atoms with E-state index in [-0.39, 0.29) is 11.8 Å². The fourth-order valence-electron chi connectivity index (χ4n) is 4.41. The molecule has 1 aromatic carbocycles. The van der Waals surface area contributed by atoms with Gasteiger partial charge in [0.2, 0.25) is 0 Å². The molecule has 1 fully saturated rings. The van der Waals surface area contributed by atoms with E-state index < -0.39 is 0 Å². The van der Waals surface area contributed by atoms with E-state index in [1.54, 1.807) is 6.07 Å². The lowest BCUT2D eigenvalue weighted by molar-refractivity contribution is 0.0736. The Hall–Kier alpha value is -3.65. The molecule has 3 aromatic heterocycles. The number of hydrogen-bond acceptors (Lipinski definition) is 6. The predicted molar refractivity (Wildman–Crippen MR) is 126 cm³/mol. The molecule has 8 nitrogen and oxygen atoms in total. The van der Waals surface area contributed by atoms with Crippen LogP contribution in [0.3, 0.4) is 0 Å². The van der Waals surface area contributed by atoms with Gasteiger partial charge in [0, 0.05) is 43.2 Å². The number of carbonyl (C=O) groups excluding carboxylic acids is 1. The average Bonchev–Trinajstić information content (AvgIpc) is 3.38. The number of rotatable bonds is 6. The topological polar surface area (TPSA) is 82.1 Å². The second-order valence-electron chi connectivity index (χ2n) is 8.69. The van der Waals surface area contributed by atoms with E-state index >= 15 is 0 Å². The van der Waals surface area contributed by atoms with Crippen LogP contribution in [0.5, 0.6) is 5.75 Å². The van der Waals surface area contributed by atoms with Gasteiger partial charge in [-0.3, -0.25) is 9.78 Å². The zero-order valence-corrected chi connectivity index (χ0v) is 19.4. The summed E-state index contributed by atoms with van der Waals surface area (Å²) in [6.07, 6.45) is 6.52. The molecule has 176 valence electrons. The van der Waals surface area contributed by atoms with Gasteiger partial charge in [-0.25, -0.2) is 0 Å². The summed E-state index contributed by atoms with van der Waals surface area (Å²) in [5.74, 6) is 1.52. The Kier molecular flexibility index (Phi) is 6.31. The minimum atomic E-state index is -0.0212. The minimum absolute atomic E-state index is 0.0212. The first-order valence-electron chi connectivity index (χ1n) is 11.5. The van der Waals surface area contributed by atoms with Gasteiger partial charge in [-0.1, -0.05) is 11.2 Å². The second kappa shape index (κ2) is 9.69. The van der Waals surface area contributed by atoms with Gasteiger partial charge >= 0.3 is 0 Å². The van der Waals surface area contributed by atoms with E-state index in [0.717, 1.165) is 34.6 Å². The number of nitrogens with zero attached hydrogens (tertiary/aromatic N) is 4. The SMILES string of the molecule is Cc1noc(C)c1COc1cccc(C(=O)N2CCOC[C@H](Cc3nccn4cccc34)C2)c1. The van der Waals surface area contributed by atoms with E-state index in [1.165, 1.54) is 0 Å². The molecular formula is C26H28N4O4. The number of fused-ring (bicyclic) bond motifs is 1. The molecule has 5 rings (SSSR count). The summed E-state index contributed by atoms with van der Waals surface area (Å²) in [4.78, 5) is 19.9. The van der Waals surface area contributed by atoms with Crippen LogP contribution in [0.25, 0.3) is 5.52 Å². The summed E-state index contributed by atoms with van der Waals surface area (Å²) < 4.78 is 19.1. The minimum Gasteiger partial charge on any atom is -0.489 e. The van der Waals surface area contributed by atoms with E-state index in [0.29, 0.717) is 44.2 Å². The number of benzene rings is 1. The van der Waals surface area contributed by atoms with Crippen molar-refractivity contribution in [1.82, 2.24) is 19.4 Å². The lowest BCUT2D eigenvalue weighted by atomic mass is 10.0. The van der Waals surface area contributed by atoms with E-state index in [1.807, 2.05) is 61.6 Å². The quantitative estimate of drug-likeness (QED) is 0.435. The molecule has 1 saturated heterocycles. The van der Waals surface area contributed by atoms with Crippen molar-refractivity contribution in [3.05, 3.63) is 83.3 Å². The fraction of sp³-hybridized carbons (Fsp3) is 0.346. The van der Waals surface area contributed by atoms with Gasteiger partial charge in [0.05, 0.1) is 35.7 Å². The maximum atomic E-state index is 13.4. The molecular weight excluding hydrogens is 432 g/mol. The summed E-state index contributed by atoms with van der Waals surface area (Å²) >= 11 is 0. The van der Waals surface area contributed by atoms with Gasteiger partial charge in [0.1, 0.15) is 18.1 Å². The van der Waals surface area contributed by atoms with E-state index in [2.05, 4.69) is 20.6 Å². The Bertz CT molecular complexity index is 1280. The molecule has 34 heavy (non-hydrogen) atoms. The molecule has 4 aromatic rings. The molecule has 1 amide bonds. The maximum Gasteiger partial charge on any atom is 0.254 e. The molecule has 0 N–H and O–H groups in total. The van der Waals surface area contributed by atoms with Crippen LogP contribution in [-0.2, 0) is 17.8 Å². The van der Waals surface area contributed by atoms with Crippen LogP contribution in [0.15, 0.2) is 59.5 Å². The second-order valence-corrected chi connectivity index (χ2v) is 8.69. The molecule has 1 aliphatic heterocycles. The zero-order chi connectivity index (χ0) is 23.5. The Morgan fingerprint density at radius 2 is 2.12 bits per heavy atom. The first kappa shape index (κ1) is 22.2. The zero-order valence-electron chi connectivity index (χ0n) is 19.4. The average molecular weight is 461 g/mol. The fourth-order valence-corrected chi connectivity index (χ4v) is 4.41. The predicted octanol–water partition coefficient (Wildman–Crippen LogP) is 3.85. The van der Waals surface area contributed by atoms with Crippen molar-refractivity contribution in [1.29, 1.82) is 0 Å². The highest BCUT2D eigenvalue weighted by Crippen LogP contribution is 2.22. The standard InChI is InChI=1S/C26H28N4O4/c1-18-23(19(2)34-28-18)17-33-22-6-3-5-21(14-22)26(31)30-11-12-32-16-20(15-30)13-24-25-7-4-9-29(25)10-8-27-24/h3-10,14,20H,11-13,15-17H2,1-2H3/t20-/m1/s1. The number of ether oxygens (including phenoxy) is 2. The van der Waals surface area contributed by atoms with Gasteiger partial charge in [0.25, 0.3) is 5.91 Å². The van der Waals surface area contributed by atoms with Gasteiger partial charge in [-0.15, -0.1) is 0 Å². The molecule has 0 unspecified atom stereocenters. The number of hydrogen-bond donors (Lipinski definition) is 0. The Morgan fingerprint density at radius 1 is 1.21 bits per heavy atom. The summed E-state index contributed by atoms with van der Waals surface area (Å²) in [6.45, 7) is 6.40. The highest BCUT2D eigenvalue weighted by atomic mass is 16.5. The summed E-state index contributed by atoms with van der Waals surface area (Å²) in [7, 11) is 0. The van der Waals surface area contributed by atoms with Gasteiger partial charge in [-0.05, 0) is 50.6 Å². The van der Waals surface area contributed by atoms with Crippen LogP contribution in [0.1, 0.15) is 33.1 Å². The summed E-state index contributed by atoms with van der Waals surface area (Å²) in [5, 5.41) is 3.96. The third-order valence-electron chi connectivity index (χ3n) is 6.28. The molecule has 8 heteroatoms. The van der Waals surface area contributed by atoms with Crippen LogP contribution in [0.4, 0.5) is 0 Å². The first-order valence-corrected chi connectivity index (χ1v) is 11.5. The molecule has 4 heterocycles. The van der Waals surface area contributed by atoms with Crippen LogP contribution < -0.4 is 4.74 Å². The van der Waals surface area contributed by atoms with Crippen molar-refractivity contribution in [3.8, 4) is 5.75 Å². The van der Waals surface area contributed by atoms with Crippen LogP contribution in [-0.4, -0.2) is 51.7 Å². The molecule has 0 radical (unpaired) electrons. The highest BCUT2D eigenvalue weighted by Gasteiger charge is 2.25. The summed E-state index contributed by atoms with van der Waals surface area (Å²) in [5.41, 5.74) is 4.45. The Balaban J connectivity index is 1.28. The van der Waals surface area contributed by atoms with Crippen molar-refractivity contribution in [2.24, 2.45) is 5.92 Å². The monoisotopic (exact) mass is 460 g/mol. The number of carbonyl (C=O) groups is 1. The van der Waals surface area contributed by atoms with Crippen molar-refractivity contribution in [3.63, 3.8) is 0 Å². The van der Waals surface area contributed by atoms with Crippen molar-refractivity contribution in [2.75, 3.05) is 26.3 Å². The van der Waals surface area contributed by atoms with Crippen molar-refractivity contribution >= 4 is 11.4 Å². The molecule has 0 bridgehead atoms. The summed E-state index contributed by atoms with van der Waals surface area (Å²) in [6, 6.07) is 11.4. The third-order valence-corrected chi connectivity index (χ3v) is 6.28. The number of aryl methyl sites for hydroxylation is 2. The van der Waals surface area contributed by atoms with Crippen LogP contribution in [0.2, 0.25) is 0 Å². The third kappa shape index (κ3) is 4.68. The van der Waals surface area contributed by atoms with Crippen molar-refractivity contribution in [2.45, 2.75) is 26.9 Å². The molecule has 0 aliphatic carbocycles. The largest absolute Gasteiger partial charge is 0.489 e. The number of aromatic nitrogens is 3. The molecule has 1 atom stereocenters. The Morgan fingerprint density at radius 3 is 2.97 bits per heavy atom. The number of amides is 1. The van der Waals surface area contributed by atoms with E-state index in [9.17, 15) is 4.79 Å². The van der Waals surface area contributed by atoms with Crippen molar-refractivity contribution < 1.29 is 18.8 Å². The molecule has 0 saturated carbocycles. The van der Waals surface area contributed by atoms with Gasteiger partial charge in [-0.2, -0.15) is 0 Å². The normalized spacial score (nSPS) is 16.5. The Labute approximate surface area is 198 Å². The van der Waals surface area contributed by atoms with Crippen LogP contribution in [0, 0.1) is 19.8 Å². The molecule has 1 aliphatic rings. The van der Waals surface area contributed by atoms with Crippen LogP contribution >= 0.6 is 0 Å². The smallest absolute Gasteiger partial charge is 0.254 e. The van der Waals surface area contributed by atoms with Gasteiger partial charge < -0.3 is 23.3 Å². The lowest BCUT2D eigenvalue weighted by Gasteiger charge is -2.24.